The monoisotopic (exact) mass is 187 g/mol. The van der Waals surface area contributed by atoms with Gasteiger partial charge in [-0.2, -0.15) is 8.42 Å². The lowest BCUT2D eigenvalue weighted by Gasteiger charge is -2.10. The summed E-state index contributed by atoms with van der Waals surface area (Å²) in [6.45, 7) is 1.84. The Kier molecular flexibility index (Phi) is 1.45. The highest BCUT2D eigenvalue weighted by Gasteiger charge is 2.37. The summed E-state index contributed by atoms with van der Waals surface area (Å²) in [5, 5.41) is 3.01. The predicted octanol–water partition coefficient (Wildman–Crippen LogP) is 0.0584. The number of fused-ring (bicyclic) bond motifs is 2. The number of hydrogen-bond donors (Lipinski definition) is 2. The second-order valence-corrected chi connectivity index (χ2v) is 4.50. The Morgan fingerprint density at radius 3 is 2.50 bits per heavy atom. The number of hydrogen-bond acceptors (Lipinski definition) is 3. The minimum Gasteiger partial charge on any atom is -0.296 e. The Bertz CT molecular complexity index is 379. The van der Waals surface area contributed by atoms with Gasteiger partial charge < -0.3 is 0 Å². The summed E-state index contributed by atoms with van der Waals surface area (Å²) in [4.78, 5) is 0.0903. The Morgan fingerprint density at radius 2 is 2.17 bits per heavy atom. The first-order valence-corrected chi connectivity index (χ1v) is 5.06. The molecule has 0 fully saturated rings. The number of nitrogens with one attached hydrogen (secondary N) is 1. The van der Waals surface area contributed by atoms with Crippen molar-refractivity contribution >= 4 is 10.1 Å². The Balaban J connectivity index is 2.42. The maximum absolute atomic E-state index is 10.8. The van der Waals surface area contributed by atoms with Gasteiger partial charge in [-0.15, -0.1) is 0 Å². The summed E-state index contributed by atoms with van der Waals surface area (Å²) in [6, 6.07) is -0.322. The van der Waals surface area contributed by atoms with Crippen molar-refractivity contribution in [2.24, 2.45) is 0 Å². The van der Waals surface area contributed by atoms with Crippen LogP contribution in [0.4, 0.5) is 0 Å². The average Bonchev–Trinajstić information content (AvgIpc) is 2.41. The molecular formula is C7H9NO3S. The van der Waals surface area contributed by atoms with Gasteiger partial charge in [-0.25, -0.2) is 0 Å². The van der Waals surface area contributed by atoms with Crippen molar-refractivity contribution in [1.29, 1.82) is 0 Å². The summed E-state index contributed by atoms with van der Waals surface area (Å²) < 4.78 is 30.4. The molecule has 0 spiro atoms. The van der Waals surface area contributed by atoms with E-state index in [-0.39, 0.29) is 17.0 Å². The van der Waals surface area contributed by atoms with Gasteiger partial charge in [-0.1, -0.05) is 11.6 Å². The predicted molar refractivity (Wildman–Crippen MR) is 44.1 cm³/mol. The van der Waals surface area contributed by atoms with Gasteiger partial charge in [0.2, 0.25) is 0 Å². The third-order valence-corrected chi connectivity index (χ3v) is 3.15. The van der Waals surface area contributed by atoms with E-state index in [1.165, 1.54) is 6.08 Å². The highest BCUT2D eigenvalue weighted by molar-refractivity contribution is 7.89. The average molecular weight is 187 g/mol. The molecule has 2 rings (SSSR count). The summed E-state index contributed by atoms with van der Waals surface area (Å²) >= 11 is 0. The first kappa shape index (κ1) is 7.97. The Morgan fingerprint density at radius 1 is 1.50 bits per heavy atom. The third kappa shape index (κ3) is 1.01. The van der Waals surface area contributed by atoms with Gasteiger partial charge in [0.15, 0.2) is 0 Å². The first-order valence-electron chi connectivity index (χ1n) is 3.62. The van der Waals surface area contributed by atoms with E-state index in [9.17, 15) is 8.42 Å². The van der Waals surface area contributed by atoms with Gasteiger partial charge in [-0.3, -0.25) is 9.87 Å². The quantitative estimate of drug-likeness (QED) is 0.450. The van der Waals surface area contributed by atoms with Crippen molar-refractivity contribution in [3.63, 3.8) is 0 Å². The molecule has 0 saturated carbocycles. The van der Waals surface area contributed by atoms with E-state index in [4.69, 9.17) is 4.55 Å². The van der Waals surface area contributed by atoms with Crippen LogP contribution in [0.1, 0.15) is 6.92 Å². The van der Waals surface area contributed by atoms with Crippen LogP contribution in [0.5, 0.6) is 0 Å². The first-order chi connectivity index (χ1) is 5.48. The molecule has 2 bridgehead atoms. The molecule has 0 aliphatic carbocycles. The van der Waals surface area contributed by atoms with Gasteiger partial charge >= 0.3 is 0 Å². The van der Waals surface area contributed by atoms with Gasteiger partial charge in [0, 0.05) is 6.04 Å². The van der Waals surface area contributed by atoms with E-state index in [1.807, 2.05) is 13.0 Å². The van der Waals surface area contributed by atoms with Crippen LogP contribution in [0, 0.1) is 0 Å². The molecular weight excluding hydrogens is 178 g/mol. The summed E-state index contributed by atoms with van der Waals surface area (Å²) in [6.07, 6.45) is 3.48. The van der Waals surface area contributed by atoms with Crippen molar-refractivity contribution in [3.8, 4) is 0 Å². The van der Waals surface area contributed by atoms with Gasteiger partial charge in [0.1, 0.15) is 0 Å². The van der Waals surface area contributed by atoms with Gasteiger partial charge in [-0.05, 0) is 13.0 Å². The molecule has 12 heavy (non-hydrogen) atoms. The van der Waals surface area contributed by atoms with E-state index >= 15 is 0 Å². The maximum Gasteiger partial charge on any atom is 0.292 e. The van der Waals surface area contributed by atoms with Crippen LogP contribution in [0.3, 0.4) is 0 Å². The molecule has 2 aliphatic heterocycles. The standard InChI is InChI=1S/C7H9NO3S/c1-4-2-5-3-6(7(4)8-5)12(9,10)11/h2-3,5,7-8H,1H3,(H,9,10,11). The van der Waals surface area contributed by atoms with Crippen molar-refractivity contribution in [2.75, 3.05) is 0 Å². The van der Waals surface area contributed by atoms with Crippen molar-refractivity contribution in [3.05, 3.63) is 22.6 Å². The molecule has 0 saturated heterocycles. The molecule has 4 nitrogen and oxygen atoms in total. The lowest BCUT2D eigenvalue weighted by molar-refractivity contribution is 0.488. The zero-order chi connectivity index (χ0) is 8.93. The SMILES string of the molecule is CC1=CC2C=C(S(=O)(=O)O)C1N2. The normalized spacial score (nSPS) is 33.5. The summed E-state index contributed by atoms with van der Waals surface area (Å²) in [5.41, 5.74) is 0.954. The molecule has 2 atom stereocenters. The van der Waals surface area contributed by atoms with Crippen molar-refractivity contribution in [2.45, 2.75) is 19.0 Å². The zero-order valence-electron chi connectivity index (χ0n) is 6.48. The van der Waals surface area contributed by atoms with E-state index in [0.717, 1.165) is 5.57 Å². The summed E-state index contributed by atoms with van der Waals surface area (Å²) in [5.74, 6) is 0. The molecule has 2 N–H and O–H groups in total. The molecule has 2 heterocycles. The Hall–Kier alpha value is -0.650. The lowest BCUT2D eigenvalue weighted by Crippen LogP contribution is -2.27. The van der Waals surface area contributed by atoms with E-state index < -0.39 is 10.1 Å². The minimum atomic E-state index is -4.01. The van der Waals surface area contributed by atoms with Crippen LogP contribution in [-0.4, -0.2) is 25.1 Å². The molecule has 5 heteroatoms. The fraction of sp³-hybridized carbons (Fsp3) is 0.429. The molecule has 0 radical (unpaired) electrons. The molecule has 2 aliphatic rings. The Labute approximate surface area is 70.7 Å². The molecule has 66 valence electrons. The smallest absolute Gasteiger partial charge is 0.292 e. The minimum absolute atomic E-state index is 0.0214. The van der Waals surface area contributed by atoms with Crippen LogP contribution < -0.4 is 5.32 Å². The van der Waals surface area contributed by atoms with Gasteiger partial charge in [0.25, 0.3) is 10.1 Å². The highest BCUT2D eigenvalue weighted by atomic mass is 32.2. The van der Waals surface area contributed by atoms with Crippen LogP contribution in [0.25, 0.3) is 0 Å². The van der Waals surface area contributed by atoms with E-state index in [0.29, 0.717) is 0 Å². The fourth-order valence-corrected chi connectivity index (χ4v) is 2.53. The fourth-order valence-electron chi connectivity index (χ4n) is 1.66. The molecule has 0 aromatic rings. The summed E-state index contributed by atoms with van der Waals surface area (Å²) in [7, 11) is -4.01. The van der Waals surface area contributed by atoms with E-state index in [2.05, 4.69) is 5.32 Å². The number of rotatable bonds is 1. The second-order valence-electron chi connectivity index (χ2n) is 3.08. The highest BCUT2D eigenvalue weighted by Crippen LogP contribution is 2.29. The lowest BCUT2D eigenvalue weighted by atomic mass is 10.1. The van der Waals surface area contributed by atoms with Crippen LogP contribution in [0.15, 0.2) is 22.6 Å². The van der Waals surface area contributed by atoms with Gasteiger partial charge in [0.05, 0.1) is 10.9 Å². The molecule has 2 unspecified atom stereocenters. The molecule has 0 aromatic carbocycles. The van der Waals surface area contributed by atoms with E-state index in [1.54, 1.807) is 0 Å². The van der Waals surface area contributed by atoms with Crippen molar-refractivity contribution in [1.82, 2.24) is 5.32 Å². The second kappa shape index (κ2) is 2.18. The molecule has 0 aromatic heterocycles. The molecule has 0 amide bonds. The topological polar surface area (TPSA) is 66.4 Å². The zero-order valence-corrected chi connectivity index (χ0v) is 7.30. The third-order valence-electron chi connectivity index (χ3n) is 2.18. The van der Waals surface area contributed by atoms with Crippen LogP contribution >= 0.6 is 0 Å². The maximum atomic E-state index is 10.8. The van der Waals surface area contributed by atoms with Crippen LogP contribution in [0.2, 0.25) is 0 Å². The van der Waals surface area contributed by atoms with Crippen molar-refractivity contribution < 1.29 is 13.0 Å². The van der Waals surface area contributed by atoms with Crippen LogP contribution in [-0.2, 0) is 10.1 Å². The largest absolute Gasteiger partial charge is 0.296 e.